The van der Waals surface area contributed by atoms with Crippen molar-refractivity contribution in [3.05, 3.63) is 195 Å². The van der Waals surface area contributed by atoms with Gasteiger partial charge in [-0.15, -0.1) is 11.8 Å². The maximum Gasteiger partial charge on any atom is 0.294 e. The number of benzene rings is 5. The normalized spacial score (nSPS) is 16.1. The van der Waals surface area contributed by atoms with E-state index in [-0.39, 0.29) is 86.7 Å². The fourth-order valence-electron chi connectivity index (χ4n) is 13.3. The fourth-order valence-corrected chi connectivity index (χ4v) is 17.3. The van der Waals surface area contributed by atoms with E-state index in [2.05, 4.69) is 20.6 Å². The summed E-state index contributed by atoms with van der Waals surface area (Å²) in [5.74, 6) is -0.255. The minimum absolute atomic E-state index is 0.00526. The molecule has 0 bridgehead atoms. The molecule has 5 N–H and O–H groups in total. The average molecular weight is 1610 g/mol. The molecule has 0 radical (unpaired) electrons. The zero-order valence-electron chi connectivity index (χ0n) is 59.3. The highest BCUT2D eigenvalue weighted by atomic mass is 35.5. The Hall–Kier alpha value is -8.15. The number of hydrogen-bond acceptors (Lipinski definition) is 20. The molecule has 0 saturated heterocycles. The van der Waals surface area contributed by atoms with Crippen LogP contribution in [0.1, 0.15) is 114 Å². The van der Waals surface area contributed by atoms with E-state index < -0.39 is 77.5 Å². The summed E-state index contributed by atoms with van der Waals surface area (Å²) in [6, 6.07) is 28.4. The molecule has 5 aromatic carbocycles. The summed E-state index contributed by atoms with van der Waals surface area (Å²) in [5.41, 5.74) is 5.79. The SMILES string of the molecule is CC1(C)C(/C=C/C2=C(SCCC(=O)NCCCCCC(=O)N(CCS(C)(=O)=O)Cc3ccc(-c4ccc5ncnc(Nc6ccc(OCc7cccc(F)c7)c(Cl)c6)c5c4)o3)C(=C/C=C3/N(CCCS(=O)(=O)O)c4ccc(S(=O)(=O)O)cc4C3(C)C)/CCC2)=[N+](CCCS(=O)(=O)O)c2ccc(S(=O)(=O)[O-])cc21. The summed E-state index contributed by atoms with van der Waals surface area (Å²) in [4.78, 5) is 39.8. The number of nitrogens with zero attached hydrogens (tertiary/aromatic N) is 5. The fraction of sp³-hybridized carbons (Fsp3) is 0.365. The molecule has 1 aliphatic carbocycles. The monoisotopic (exact) mass is 1600 g/mol. The number of carbonyl (C=O) groups is 2. The van der Waals surface area contributed by atoms with Gasteiger partial charge in [0.15, 0.2) is 5.71 Å². The molecule has 25 nitrogen and oxygen atoms in total. The van der Waals surface area contributed by atoms with Crippen molar-refractivity contribution in [2.75, 3.05) is 65.7 Å². The molecule has 33 heteroatoms. The Balaban J connectivity index is 0.809. The van der Waals surface area contributed by atoms with E-state index in [0.717, 1.165) is 22.3 Å². The predicted molar refractivity (Wildman–Crippen MR) is 408 cm³/mol. The molecule has 0 unspecified atom stereocenters. The van der Waals surface area contributed by atoms with Gasteiger partial charge in [-0.2, -0.15) is 29.8 Å². The van der Waals surface area contributed by atoms with Crippen LogP contribution in [-0.2, 0) is 83.9 Å². The number of ether oxygens (including phenoxy) is 1. The summed E-state index contributed by atoms with van der Waals surface area (Å²) in [5, 5.41) is 7.25. The number of halogens is 2. The Morgan fingerprint density at radius 1 is 0.785 bits per heavy atom. The van der Waals surface area contributed by atoms with E-state index in [9.17, 15) is 74.3 Å². The van der Waals surface area contributed by atoms with Crippen LogP contribution in [0.5, 0.6) is 5.75 Å². The van der Waals surface area contributed by atoms with Gasteiger partial charge in [-0.25, -0.2) is 31.2 Å². The minimum atomic E-state index is -4.88. The molecule has 3 aliphatic rings. The largest absolute Gasteiger partial charge is 0.744 e. The lowest BCUT2D eigenvalue weighted by Crippen LogP contribution is -2.34. The number of nitrogens with one attached hydrogen (secondary N) is 2. The number of anilines is 3. The summed E-state index contributed by atoms with van der Waals surface area (Å²) in [7, 11) is -21.7. The number of aromatic nitrogens is 2. The molecule has 4 heterocycles. The summed E-state index contributed by atoms with van der Waals surface area (Å²) < 4.78 is 191. The second kappa shape index (κ2) is 33.8. The van der Waals surface area contributed by atoms with Gasteiger partial charge in [0, 0.05) is 107 Å². The third-order valence-electron chi connectivity index (χ3n) is 18.7. The van der Waals surface area contributed by atoms with E-state index in [1.807, 2.05) is 79.7 Å². The van der Waals surface area contributed by atoms with Gasteiger partial charge >= 0.3 is 0 Å². The lowest BCUT2D eigenvalue weighted by atomic mass is 9.81. The first kappa shape index (κ1) is 81.4. The van der Waals surface area contributed by atoms with Crippen molar-refractivity contribution in [1.82, 2.24) is 20.2 Å². The van der Waals surface area contributed by atoms with Gasteiger partial charge in [0.1, 0.15) is 68.3 Å². The minimum Gasteiger partial charge on any atom is -0.744 e. The number of allylic oxidation sites excluding steroid dienone is 7. The Bertz CT molecular complexity index is 5350. The Morgan fingerprint density at radius 3 is 2.25 bits per heavy atom. The van der Waals surface area contributed by atoms with Crippen LogP contribution in [0, 0.1) is 5.82 Å². The molecule has 0 atom stereocenters. The number of carbonyl (C=O) groups excluding carboxylic acids is 2. The molecule has 0 fully saturated rings. The van der Waals surface area contributed by atoms with Crippen molar-refractivity contribution in [3.63, 3.8) is 0 Å². The van der Waals surface area contributed by atoms with Gasteiger partial charge in [-0.3, -0.25) is 23.2 Å². The molecule has 7 aromatic rings. The van der Waals surface area contributed by atoms with Crippen LogP contribution in [0.4, 0.5) is 27.3 Å². The second-order valence-corrected chi connectivity index (χ2v) is 37.1. The third-order valence-corrected chi connectivity index (χ3v) is 24.4. The van der Waals surface area contributed by atoms with Crippen LogP contribution in [0.15, 0.2) is 176 Å². The first-order valence-electron chi connectivity index (χ1n) is 34.3. The molecule has 2 aliphatic heterocycles. The average Bonchev–Trinajstić information content (AvgIpc) is 1.59. The molecular weight excluding hydrogens is 1520 g/mol. The highest BCUT2D eigenvalue weighted by Crippen LogP contribution is 2.50. The van der Waals surface area contributed by atoms with Gasteiger partial charge in [-0.05, 0) is 172 Å². The highest BCUT2D eigenvalue weighted by molar-refractivity contribution is 8.03. The Kier molecular flexibility index (Phi) is 25.7. The quantitative estimate of drug-likeness (QED) is 0.0142. The van der Waals surface area contributed by atoms with Crippen molar-refractivity contribution in [3.8, 4) is 17.1 Å². The zero-order chi connectivity index (χ0) is 77.4. The molecule has 0 saturated carbocycles. The van der Waals surface area contributed by atoms with E-state index in [4.69, 9.17) is 20.8 Å². The predicted octanol–water partition coefficient (Wildman–Crippen LogP) is 12.6. The van der Waals surface area contributed by atoms with E-state index in [1.54, 1.807) is 42.5 Å². The standard InChI is InChI=1S/C74H83ClFN7O18S6/c1-73(2)59-44-56(106(94,95)96)23-26-63(59)82(34-11-38-104(88,89)90)67(73)30-19-50-14-10-15-51(20-31-68-74(3,4)60-45-57(107(97,98)99)24-27-64(60)83(68)35-12-39-105(91,92)93)71(50)102-37-32-69(84)77-33-8-6-7-17-70(85)81(36-40-103(5,86)87)46-55-22-29-65(101-55)52-18-25-62-58(42-52)72(79-48-78-62)80-54-21-28-66(61(75)43-54)100-47-49-13-9-16-53(76)41-49/h9,13,16,18-31,41-45,48H,6-8,10-12,14-15,17,32-40,46-47H2,1-5H3,(H5-,77,78,79,80,84,88,89,90,91,92,93,94,95,96,97,98,99). The molecule has 2 aromatic heterocycles. The zero-order valence-corrected chi connectivity index (χ0v) is 65.0. The number of hydrogen-bond donors (Lipinski definition) is 5. The third kappa shape index (κ3) is 21.4. The van der Waals surface area contributed by atoms with Crippen LogP contribution in [0.2, 0.25) is 5.02 Å². The number of unbranched alkanes of at least 4 members (excludes halogenated alkanes) is 2. The van der Waals surface area contributed by atoms with Crippen LogP contribution in [0.3, 0.4) is 0 Å². The van der Waals surface area contributed by atoms with Crippen molar-refractivity contribution >= 4 is 125 Å². The number of sulfone groups is 1. The van der Waals surface area contributed by atoms with E-state index in [1.165, 1.54) is 71.5 Å². The van der Waals surface area contributed by atoms with Crippen molar-refractivity contribution < 1.29 is 88.0 Å². The van der Waals surface area contributed by atoms with Crippen LogP contribution < -0.4 is 20.3 Å². The lowest BCUT2D eigenvalue weighted by molar-refractivity contribution is -0.437. The van der Waals surface area contributed by atoms with Crippen LogP contribution >= 0.6 is 23.4 Å². The molecule has 572 valence electrons. The number of fused-ring (bicyclic) bond motifs is 3. The Morgan fingerprint density at radius 2 is 1.53 bits per heavy atom. The number of amides is 2. The molecule has 107 heavy (non-hydrogen) atoms. The lowest BCUT2D eigenvalue weighted by Gasteiger charge is -2.27. The number of thioether (sulfide) groups is 1. The van der Waals surface area contributed by atoms with Crippen LogP contribution in [0.25, 0.3) is 22.2 Å². The van der Waals surface area contributed by atoms with Crippen molar-refractivity contribution in [1.29, 1.82) is 0 Å². The maximum absolute atomic E-state index is 13.9. The first-order chi connectivity index (χ1) is 50.3. The van der Waals surface area contributed by atoms with E-state index >= 15 is 0 Å². The first-order valence-corrected chi connectivity index (χ1v) is 43.8. The van der Waals surface area contributed by atoms with Crippen molar-refractivity contribution in [2.45, 2.75) is 126 Å². The van der Waals surface area contributed by atoms with Crippen molar-refractivity contribution in [2.24, 2.45) is 0 Å². The second-order valence-electron chi connectivity index (χ2n) is 27.4. The molecule has 2 amide bonds. The summed E-state index contributed by atoms with van der Waals surface area (Å²) in [6.45, 7) is 7.89. The van der Waals surface area contributed by atoms with E-state index in [0.29, 0.717) is 141 Å². The summed E-state index contributed by atoms with van der Waals surface area (Å²) >= 11 is 8.04. The van der Waals surface area contributed by atoms with Gasteiger partial charge < -0.3 is 34.1 Å². The number of furan rings is 1. The molecular formula is C74H83ClFN7O18S6. The van der Waals surface area contributed by atoms with Gasteiger partial charge in [0.2, 0.25) is 17.5 Å². The topological polar surface area (TPSA) is 370 Å². The summed E-state index contributed by atoms with van der Waals surface area (Å²) in [6.07, 6.45) is 13.5. The number of rotatable bonds is 34. The van der Waals surface area contributed by atoms with Gasteiger partial charge in [-0.1, -0.05) is 56.2 Å². The smallest absolute Gasteiger partial charge is 0.294 e. The molecule has 0 spiro atoms. The highest BCUT2D eigenvalue weighted by Gasteiger charge is 2.45. The maximum atomic E-state index is 13.9. The van der Waals surface area contributed by atoms with Crippen LogP contribution in [-0.4, -0.2) is 153 Å². The van der Waals surface area contributed by atoms with Gasteiger partial charge in [0.05, 0.1) is 49.5 Å². The Labute approximate surface area is 632 Å². The van der Waals surface area contributed by atoms with Gasteiger partial charge in [0.25, 0.3) is 30.4 Å². The molecule has 10 rings (SSSR count).